The van der Waals surface area contributed by atoms with Crippen molar-refractivity contribution in [2.24, 2.45) is 5.92 Å². The summed E-state index contributed by atoms with van der Waals surface area (Å²) in [5, 5.41) is 0. The molecule has 1 fully saturated rings. The molecule has 1 aromatic carbocycles. The standard InChI is InChI=1S/C23H25BrN4S/c1-13-10-18(24)11-14(2)19(13)20-15(3)29-22-21(20)26-16(4)27-23(22)28-8-6-17(7-9-28)12-25-5/h10-11,17H,6-9,12H2,1-4H3. The minimum atomic E-state index is 0.524. The zero-order chi connectivity index (χ0) is 20.7. The van der Waals surface area contributed by atoms with E-state index >= 15 is 0 Å². The van der Waals surface area contributed by atoms with E-state index in [-0.39, 0.29) is 0 Å². The maximum absolute atomic E-state index is 7.13. The fraction of sp³-hybridized carbons (Fsp3) is 0.435. The number of piperidine rings is 1. The van der Waals surface area contributed by atoms with Gasteiger partial charge in [-0.3, -0.25) is 0 Å². The summed E-state index contributed by atoms with van der Waals surface area (Å²) in [7, 11) is 0. The minimum absolute atomic E-state index is 0.524. The van der Waals surface area contributed by atoms with E-state index in [9.17, 15) is 0 Å². The third kappa shape index (κ3) is 3.78. The van der Waals surface area contributed by atoms with Crippen LogP contribution in [0.1, 0.15) is 34.7 Å². The second-order valence-corrected chi connectivity index (χ2v) is 10.1. The Hall–Kier alpha value is -1.97. The predicted molar refractivity (Wildman–Crippen MR) is 126 cm³/mol. The first-order chi connectivity index (χ1) is 13.9. The van der Waals surface area contributed by atoms with Crippen molar-refractivity contribution in [3.05, 3.63) is 49.9 Å². The Balaban J connectivity index is 1.83. The van der Waals surface area contributed by atoms with Crippen molar-refractivity contribution in [1.29, 1.82) is 0 Å². The highest BCUT2D eigenvalue weighted by Gasteiger charge is 2.26. The second kappa shape index (κ2) is 8.04. The lowest BCUT2D eigenvalue weighted by Gasteiger charge is -2.31. The molecular formula is C23H25BrN4S. The van der Waals surface area contributed by atoms with Gasteiger partial charge in [-0.15, -0.1) is 11.3 Å². The van der Waals surface area contributed by atoms with Crippen molar-refractivity contribution in [1.82, 2.24) is 9.97 Å². The predicted octanol–water partition coefficient (Wildman–Crippen LogP) is 6.49. The first-order valence-corrected chi connectivity index (χ1v) is 11.6. The molecule has 1 aliphatic heterocycles. The van der Waals surface area contributed by atoms with Crippen LogP contribution in [0.3, 0.4) is 0 Å². The van der Waals surface area contributed by atoms with Crippen LogP contribution in [0, 0.1) is 40.2 Å². The topological polar surface area (TPSA) is 33.4 Å². The van der Waals surface area contributed by atoms with E-state index in [2.05, 4.69) is 58.6 Å². The van der Waals surface area contributed by atoms with E-state index in [0.717, 1.165) is 47.6 Å². The van der Waals surface area contributed by atoms with Crippen molar-refractivity contribution >= 4 is 43.3 Å². The molecule has 0 aliphatic carbocycles. The minimum Gasteiger partial charge on any atom is -0.355 e. The maximum atomic E-state index is 7.13. The number of aromatic nitrogens is 2. The van der Waals surface area contributed by atoms with Crippen molar-refractivity contribution in [2.75, 3.05) is 24.5 Å². The van der Waals surface area contributed by atoms with Gasteiger partial charge in [0.05, 0.1) is 10.2 Å². The Morgan fingerprint density at radius 3 is 2.38 bits per heavy atom. The molecule has 4 rings (SSSR count). The molecule has 0 radical (unpaired) electrons. The number of halogens is 1. The number of hydrogen-bond donors (Lipinski definition) is 0. The number of rotatable bonds is 3. The lowest BCUT2D eigenvalue weighted by atomic mass is 9.95. The molecule has 0 unspecified atom stereocenters. The second-order valence-electron chi connectivity index (χ2n) is 7.99. The van der Waals surface area contributed by atoms with Crippen LogP contribution in [-0.2, 0) is 0 Å². The number of anilines is 1. The summed E-state index contributed by atoms with van der Waals surface area (Å²) in [6, 6.07) is 4.37. The summed E-state index contributed by atoms with van der Waals surface area (Å²) in [6.07, 6.45) is 2.13. The quantitative estimate of drug-likeness (QED) is 0.411. The average molecular weight is 469 g/mol. The van der Waals surface area contributed by atoms with Crippen LogP contribution in [0.5, 0.6) is 0 Å². The Kier molecular flexibility index (Phi) is 5.63. The maximum Gasteiger partial charge on any atom is 0.217 e. The van der Waals surface area contributed by atoms with Crippen LogP contribution in [0.4, 0.5) is 5.82 Å². The van der Waals surface area contributed by atoms with Crippen LogP contribution >= 0.6 is 27.3 Å². The number of fused-ring (bicyclic) bond motifs is 1. The van der Waals surface area contributed by atoms with E-state index in [1.54, 1.807) is 0 Å². The molecule has 0 N–H and O–H groups in total. The van der Waals surface area contributed by atoms with Gasteiger partial charge in [0.15, 0.2) is 0 Å². The summed E-state index contributed by atoms with van der Waals surface area (Å²) >= 11 is 5.43. The van der Waals surface area contributed by atoms with Gasteiger partial charge < -0.3 is 9.74 Å². The highest BCUT2D eigenvalue weighted by molar-refractivity contribution is 9.10. The number of thiophene rings is 1. The Morgan fingerprint density at radius 2 is 1.76 bits per heavy atom. The van der Waals surface area contributed by atoms with Gasteiger partial charge >= 0.3 is 0 Å². The van der Waals surface area contributed by atoms with E-state index in [0.29, 0.717) is 12.5 Å². The smallest absolute Gasteiger partial charge is 0.217 e. The molecule has 3 heterocycles. The SMILES string of the molecule is [C-]#[N+]CC1CCN(c2nc(C)nc3c(-c4c(C)cc(Br)cc4C)c(C)sc23)CC1. The largest absolute Gasteiger partial charge is 0.355 e. The molecule has 1 saturated heterocycles. The molecular weight excluding hydrogens is 444 g/mol. The monoisotopic (exact) mass is 468 g/mol. The summed E-state index contributed by atoms with van der Waals surface area (Å²) in [5.41, 5.74) is 6.14. The zero-order valence-electron chi connectivity index (χ0n) is 17.3. The Bertz CT molecular complexity index is 1100. The van der Waals surface area contributed by atoms with Crippen LogP contribution in [0.15, 0.2) is 16.6 Å². The molecule has 0 spiro atoms. The van der Waals surface area contributed by atoms with Gasteiger partial charge in [-0.1, -0.05) is 15.9 Å². The van der Waals surface area contributed by atoms with Crippen LogP contribution < -0.4 is 4.90 Å². The molecule has 0 atom stereocenters. The molecule has 0 amide bonds. The third-order valence-corrected chi connectivity index (χ3v) is 7.36. The van der Waals surface area contributed by atoms with Crippen LogP contribution in [-0.4, -0.2) is 29.6 Å². The van der Waals surface area contributed by atoms with Crippen molar-refractivity contribution < 1.29 is 0 Å². The van der Waals surface area contributed by atoms with Gasteiger partial charge in [-0.25, -0.2) is 16.5 Å². The van der Waals surface area contributed by atoms with E-state index < -0.39 is 0 Å². The highest BCUT2D eigenvalue weighted by Crippen LogP contribution is 2.44. The fourth-order valence-electron chi connectivity index (χ4n) is 4.45. The molecule has 150 valence electrons. The number of nitrogens with zero attached hydrogens (tertiary/aromatic N) is 4. The molecule has 1 aliphatic rings. The van der Waals surface area contributed by atoms with E-state index in [1.807, 2.05) is 18.3 Å². The lowest BCUT2D eigenvalue weighted by Crippen LogP contribution is -2.35. The number of aryl methyl sites for hydroxylation is 4. The summed E-state index contributed by atoms with van der Waals surface area (Å²) in [4.78, 5) is 17.0. The van der Waals surface area contributed by atoms with Gasteiger partial charge in [0.25, 0.3) is 0 Å². The molecule has 0 bridgehead atoms. The zero-order valence-corrected chi connectivity index (χ0v) is 19.7. The van der Waals surface area contributed by atoms with Gasteiger partial charge in [0.1, 0.15) is 11.6 Å². The Morgan fingerprint density at radius 1 is 1.10 bits per heavy atom. The number of benzene rings is 1. The van der Waals surface area contributed by atoms with Crippen molar-refractivity contribution in [2.45, 2.75) is 40.5 Å². The van der Waals surface area contributed by atoms with Gasteiger partial charge in [-0.05, 0) is 69.4 Å². The number of hydrogen-bond acceptors (Lipinski definition) is 4. The first-order valence-electron chi connectivity index (χ1n) is 10.0. The molecule has 0 saturated carbocycles. The van der Waals surface area contributed by atoms with Gasteiger partial charge in [-0.2, -0.15) is 0 Å². The fourth-order valence-corrected chi connectivity index (χ4v) is 6.26. The Labute approximate surface area is 184 Å². The first kappa shape index (κ1) is 20.3. The van der Waals surface area contributed by atoms with Gasteiger partial charge in [0, 0.05) is 33.9 Å². The lowest BCUT2D eigenvalue weighted by molar-refractivity contribution is 0.429. The highest BCUT2D eigenvalue weighted by atomic mass is 79.9. The third-order valence-electron chi connectivity index (χ3n) is 5.81. The van der Waals surface area contributed by atoms with Crippen LogP contribution in [0.2, 0.25) is 0 Å². The van der Waals surface area contributed by atoms with E-state index in [4.69, 9.17) is 16.5 Å². The summed E-state index contributed by atoms with van der Waals surface area (Å²) < 4.78 is 2.30. The molecule has 4 nitrogen and oxygen atoms in total. The van der Waals surface area contributed by atoms with Crippen molar-refractivity contribution in [3.8, 4) is 11.1 Å². The van der Waals surface area contributed by atoms with E-state index in [1.165, 1.54) is 31.8 Å². The summed E-state index contributed by atoms with van der Waals surface area (Å²) in [6.45, 7) is 18.3. The molecule has 2 aromatic heterocycles. The van der Waals surface area contributed by atoms with Gasteiger partial charge in [0.2, 0.25) is 6.54 Å². The molecule has 6 heteroatoms. The molecule has 29 heavy (non-hydrogen) atoms. The van der Waals surface area contributed by atoms with Crippen molar-refractivity contribution in [3.63, 3.8) is 0 Å². The molecule has 3 aromatic rings. The summed E-state index contributed by atoms with van der Waals surface area (Å²) in [5.74, 6) is 2.42. The average Bonchev–Trinajstić information content (AvgIpc) is 2.97. The normalized spacial score (nSPS) is 15.1. The van der Waals surface area contributed by atoms with Crippen LogP contribution in [0.25, 0.3) is 26.2 Å².